The van der Waals surface area contributed by atoms with E-state index in [2.05, 4.69) is 5.32 Å². The highest BCUT2D eigenvalue weighted by Crippen LogP contribution is 2.40. The Hall–Kier alpha value is -0.840. The Balaban J connectivity index is 1.88. The average Bonchev–Trinajstić information content (AvgIpc) is 3.09. The molecule has 18 heavy (non-hydrogen) atoms. The first kappa shape index (κ1) is 13.6. The third-order valence-corrected chi connectivity index (χ3v) is 3.19. The SMILES string of the molecule is COCCNCC1(Oc2ccc(Cl)cc2F)CC1. The smallest absolute Gasteiger partial charge is 0.166 e. The summed E-state index contributed by atoms with van der Waals surface area (Å²) >= 11 is 5.70. The predicted molar refractivity (Wildman–Crippen MR) is 68.7 cm³/mol. The zero-order valence-electron chi connectivity index (χ0n) is 10.3. The van der Waals surface area contributed by atoms with Crippen molar-refractivity contribution in [3.05, 3.63) is 29.0 Å². The van der Waals surface area contributed by atoms with Gasteiger partial charge in [0.2, 0.25) is 0 Å². The fraction of sp³-hybridized carbons (Fsp3) is 0.538. The van der Waals surface area contributed by atoms with E-state index in [0.717, 1.165) is 19.4 Å². The van der Waals surface area contributed by atoms with E-state index in [4.69, 9.17) is 21.1 Å². The molecule has 0 aliphatic heterocycles. The molecule has 1 N–H and O–H groups in total. The Labute approximate surface area is 111 Å². The summed E-state index contributed by atoms with van der Waals surface area (Å²) in [6.07, 6.45) is 1.88. The van der Waals surface area contributed by atoms with Crippen molar-refractivity contribution in [1.29, 1.82) is 0 Å². The molecule has 1 aromatic rings. The van der Waals surface area contributed by atoms with Crippen molar-refractivity contribution in [1.82, 2.24) is 5.32 Å². The van der Waals surface area contributed by atoms with Gasteiger partial charge in [0.25, 0.3) is 0 Å². The molecule has 0 amide bonds. The number of methoxy groups -OCH3 is 1. The molecule has 0 unspecified atom stereocenters. The molecule has 1 aromatic carbocycles. The second kappa shape index (κ2) is 5.87. The van der Waals surface area contributed by atoms with Gasteiger partial charge in [0.05, 0.1) is 6.61 Å². The fourth-order valence-electron chi connectivity index (χ4n) is 1.74. The number of halogens is 2. The summed E-state index contributed by atoms with van der Waals surface area (Å²) in [6.45, 7) is 2.13. The second-order valence-corrected chi connectivity index (χ2v) is 4.97. The van der Waals surface area contributed by atoms with Gasteiger partial charge in [-0.2, -0.15) is 0 Å². The first-order chi connectivity index (χ1) is 8.65. The molecule has 100 valence electrons. The van der Waals surface area contributed by atoms with Gasteiger partial charge >= 0.3 is 0 Å². The Kier molecular flexibility index (Phi) is 4.43. The standard InChI is InChI=1S/C13H17ClFNO2/c1-17-7-6-16-9-13(4-5-13)18-12-3-2-10(14)8-11(12)15/h2-3,8,16H,4-7,9H2,1H3. The van der Waals surface area contributed by atoms with Crippen LogP contribution < -0.4 is 10.1 Å². The van der Waals surface area contributed by atoms with Crippen molar-refractivity contribution in [3.8, 4) is 5.75 Å². The lowest BCUT2D eigenvalue weighted by molar-refractivity contribution is 0.156. The third-order valence-electron chi connectivity index (χ3n) is 2.96. The monoisotopic (exact) mass is 273 g/mol. The van der Waals surface area contributed by atoms with Crippen LogP contribution in [0.3, 0.4) is 0 Å². The summed E-state index contributed by atoms with van der Waals surface area (Å²) in [4.78, 5) is 0. The Morgan fingerprint density at radius 2 is 2.22 bits per heavy atom. The van der Waals surface area contributed by atoms with Crippen LogP contribution in [0.4, 0.5) is 4.39 Å². The van der Waals surface area contributed by atoms with Gasteiger partial charge in [0.15, 0.2) is 11.6 Å². The zero-order valence-corrected chi connectivity index (χ0v) is 11.1. The Bertz CT molecular complexity index is 410. The van der Waals surface area contributed by atoms with Crippen molar-refractivity contribution in [2.45, 2.75) is 18.4 Å². The number of rotatable bonds is 7. The van der Waals surface area contributed by atoms with E-state index in [-0.39, 0.29) is 11.4 Å². The van der Waals surface area contributed by atoms with E-state index in [1.807, 2.05) is 0 Å². The highest BCUT2D eigenvalue weighted by atomic mass is 35.5. The summed E-state index contributed by atoms with van der Waals surface area (Å²) in [6, 6.07) is 4.48. The fourth-order valence-corrected chi connectivity index (χ4v) is 1.89. The molecule has 1 fully saturated rings. The molecule has 0 aromatic heterocycles. The molecule has 5 heteroatoms. The molecule has 0 spiro atoms. The van der Waals surface area contributed by atoms with Gasteiger partial charge < -0.3 is 14.8 Å². The lowest BCUT2D eigenvalue weighted by atomic mass is 10.3. The van der Waals surface area contributed by atoms with E-state index in [0.29, 0.717) is 18.2 Å². The molecule has 1 aliphatic rings. The lowest BCUT2D eigenvalue weighted by Gasteiger charge is -2.19. The molecule has 1 aliphatic carbocycles. The molecule has 0 saturated heterocycles. The molecular formula is C13H17ClFNO2. The molecule has 0 bridgehead atoms. The van der Waals surface area contributed by atoms with Crippen LogP contribution in [0.5, 0.6) is 5.75 Å². The number of benzene rings is 1. The number of hydrogen-bond acceptors (Lipinski definition) is 3. The molecule has 0 heterocycles. The van der Waals surface area contributed by atoms with Gasteiger partial charge in [-0.3, -0.25) is 0 Å². The van der Waals surface area contributed by atoms with Crippen LogP contribution in [-0.2, 0) is 4.74 Å². The van der Waals surface area contributed by atoms with E-state index in [1.165, 1.54) is 6.07 Å². The minimum atomic E-state index is -0.411. The Morgan fingerprint density at radius 1 is 1.44 bits per heavy atom. The van der Waals surface area contributed by atoms with Gasteiger partial charge in [-0.15, -0.1) is 0 Å². The van der Waals surface area contributed by atoms with Crippen molar-refractivity contribution >= 4 is 11.6 Å². The highest BCUT2D eigenvalue weighted by molar-refractivity contribution is 6.30. The van der Waals surface area contributed by atoms with Crippen molar-refractivity contribution < 1.29 is 13.9 Å². The van der Waals surface area contributed by atoms with Crippen molar-refractivity contribution in [2.24, 2.45) is 0 Å². The predicted octanol–water partition coefficient (Wildman–Crippen LogP) is 2.63. The quantitative estimate of drug-likeness (QED) is 0.775. The first-order valence-corrected chi connectivity index (χ1v) is 6.37. The Morgan fingerprint density at radius 3 is 2.83 bits per heavy atom. The van der Waals surface area contributed by atoms with Crippen LogP contribution >= 0.6 is 11.6 Å². The maximum Gasteiger partial charge on any atom is 0.166 e. The minimum absolute atomic E-state index is 0.261. The van der Waals surface area contributed by atoms with Crippen molar-refractivity contribution in [2.75, 3.05) is 26.8 Å². The molecule has 0 atom stereocenters. The molecule has 3 nitrogen and oxygen atoms in total. The van der Waals surface area contributed by atoms with Gasteiger partial charge in [-0.25, -0.2) is 4.39 Å². The number of nitrogens with one attached hydrogen (secondary N) is 1. The second-order valence-electron chi connectivity index (χ2n) is 4.53. The van der Waals surface area contributed by atoms with Crippen molar-refractivity contribution in [3.63, 3.8) is 0 Å². The molecular weight excluding hydrogens is 257 g/mol. The van der Waals surface area contributed by atoms with Gasteiger partial charge in [0, 0.05) is 25.2 Å². The summed E-state index contributed by atoms with van der Waals surface area (Å²) in [7, 11) is 1.66. The zero-order chi connectivity index (χ0) is 13.0. The van der Waals surface area contributed by atoms with E-state index in [1.54, 1.807) is 19.2 Å². The first-order valence-electron chi connectivity index (χ1n) is 5.99. The minimum Gasteiger partial charge on any atom is -0.483 e. The lowest BCUT2D eigenvalue weighted by Crippen LogP contribution is -2.35. The number of ether oxygens (including phenoxy) is 2. The maximum atomic E-state index is 13.6. The van der Waals surface area contributed by atoms with E-state index in [9.17, 15) is 4.39 Å². The largest absolute Gasteiger partial charge is 0.483 e. The van der Waals surface area contributed by atoms with Crippen LogP contribution in [0.15, 0.2) is 18.2 Å². The molecule has 2 rings (SSSR count). The van der Waals surface area contributed by atoms with Gasteiger partial charge in [-0.05, 0) is 31.0 Å². The summed E-state index contributed by atoms with van der Waals surface area (Å²) in [5.41, 5.74) is -0.261. The normalized spacial score (nSPS) is 16.6. The van der Waals surface area contributed by atoms with Crippen LogP contribution in [0.1, 0.15) is 12.8 Å². The van der Waals surface area contributed by atoms with Crippen LogP contribution in [0, 0.1) is 5.82 Å². The van der Waals surface area contributed by atoms with Gasteiger partial charge in [-0.1, -0.05) is 11.6 Å². The number of hydrogen-bond donors (Lipinski definition) is 1. The average molecular weight is 274 g/mol. The van der Waals surface area contributed by atoms with Crippen LogP contribution in [0.2, 0.25) is 5.02 Å². The molecule has 1 saturated carbocycles. The third kappa shape index (κ3) is 3.57. The topological polar surface area (TPSA) is 30.5 Å². The summed E-state index contributed by atoms with van der Waals surface area (Å²) in [5.74, 6) is -0.142. The summed E-state index contributed by atoms with van der Waals surface area (Å²) in [5, 5.41) is 3.62. The maximum absolute atomic E-state index is 13.6. The molecule has 0 radical (unpaired) electrons. The van der Waals surface area contributed by atoms with Crippen LogP contribution in [0.25, 0.3) is 0 Å². The van der Waals surface area contributed by atoms with E-state index < -0.39 is 5.82 Å². The summed E-state index contributed by atoms with van der Waals surface area (Å²) < 4.78 is 24.3. The van der Waals surface area contributed by atoms with E-state index >= 15 is 0 Å². The van der Waals surface area contributed by atoms with Gasteiger partial charge in [0.1, 0.15) is 5.60 Å². The van der Waals surface area contributed by atoms with Crippen LogP contribution in [-0.4, -0.2) is 32.4 Å². The highest BCUT2D eigenvalue weighted by Gasteiger charge is 2.45.